The topological polar surface area (TPSA) is 56.4 Å². The van der Waals surface area contributed by atoms with Crippen molar-refractivity contribution >= 4 is 23.3 Å². The predicted octanol–water partition coefficient (Wildman–Crippen LogP) is 10.7. The van der Waals surface area contributed by atoms with Gasteiger partial charge >= 0.3 is 0 Å². The zero-order valence-electron chi connectivity index (χ0n) is 28.7. The molecule has 0 aliphatic heterocycles. The van der Waals surface area contributed by atoms with E-state index in [1.54, 1.807) is 6.08 Å². The highest BCUT2D eigenvalue weighted by atomic mass is 35.5. The third-order valence-electron chi connectivity index (χ3n) is 9.04. The summed E-state index contributed by atoms with van der Waals surface area (Å²) in [5, 5.41) is 4.65. The molecule has 2 unspecified atom stereocenters. The van der Waals surface area contributed by atoms with Crippen molar-refractivity contribution in [3.63, 3.8) is 0 Å². The van der Waals surface area contributed by atoms with E-state index >= 15 is 0 Å². The van der Waals surface area contributed by atoms with E-state index in [2.05, 4.69) is 82.1 Å². The molecule has 1 aromatic heterocycles. The van der Waals surface area contributed by atoms with Crippen LogP contribution in [-0.2, 0) is 13.1 Å². The molecule has 2 aromatic carbocycles. The highest BCUT2D eigenvalue weighted by Gasteiger charge is 2.45. The van der Waals surface area contributed by atoms with Crippen LogP contribution in [0.2, 0.25) is 5.02 Å². The largest absolute Gasteiger partial charge is 0.490 e. The number of nitrogens with zero attached hydrogens (tertiary/aromatic N) is 1. The molecule has 47 heavy (non-hydrogen) atoms. The summed E-state index contributed by atoms with van der Waals surface area (Å²) >= 11 is 6.75. The Morgan fingerprint density at radius 2 is 1.91 bits per heavy atom. The van der Waals surface area contributed by atoms with Crippen molar-refractivity contribution in [1.82, 2.24) is 10.1 Å². The first kappa shape index (κ1) is 36.0. The van der Waals surface area contributed by atoms with Gasteiger partial charge in [0.25, 0.3) is 5.56 Å². The summed E-state index contributed by atoms with van der Waals surface area (Å²) in [4.78, 5) is 12.5. The van der Waals surface area contributed by atoms with Crippen LogP contribution in [0, 0.1) is 0 Å². The molecule has 1 N–H and O–H groups in total. The van der Waals surface area contributed by atoms with Crippen LogP contribution in [0.1, 0.15) is 101 Å². The Hall–Kier alpha value is -3.80. The molecule has 1 saturated carbocycles. The quantitative estimate of drug-likeness (QED) is 0.109. The Morgan fingerprint density at radius 3 is 2.62 bits per heavy atom. The number of halogens is 1. The number of nitrogens with one attached hydrogen (secondary N) is 1. The van der Waals surface area contributed by atoms with Gasteiger partial charge in [-0.1, -0.05) is 105 Å². The van der Waals surface area contributed by atoms with E-state index in [1.807, 2.05) is 43.4 Å². The first-order valence-corrected chi connectivity index (χ1v) is 17.4. The smallest absolute Gasteiger partial charge is 0.289 e. The van der Waals surface area contributed by atoms with Crippen molar-refractivity contribution in [3.05, 3.63) is 135 Å². The molecular formula is C41H51ClN2O3. The van der Waals surface area contributed by atoms with Crippen molar-refractivity contribution in [3.8, 4) is 5.75 Å². The lowest BCUT2D eigenvalue weighted by Crippen LogP contribution is -2.33. The fourth-order valence-electron chi connectivity index (χ4n) is 5.88. The van der Waals surface area contributed by atoms with Crippen LogP contribution in [0.4, 0.5) is 0 Å². The minimum Gasteiger partial charge on any atom is -0.490 e. The van der Waals surface area contributed by atoms with Gasteiger partial charge in [0.2, 0.25) is 0 Å². The molecule has 4 rings (SSSR count). The number of para-hydroxylation sites is 1. The van der Waals surface area contributed by atoms with Crippen molar-refractivity contribution in [2.75, 3.05) is 0 Å². The van der Waals surface area contributed by atoms with E-state index in [-0.39, 0.29) is 17.2 Å². The van der Waals surface area contributed by atoms with Crippen LogP contribution in [-0.4, -0.2) is 16.4 Å². The van der Waals surface area contributed by atoms with Crippen molar-refractivity contribution in [1.29, 1.82) is 0 Å². The summed E-state index contributed by atoms with van der Waals surface area (Å²) in [5.74, 6) is 1.26. The Kier molecular flexibility index (Phi) is 13.3. The second-order valence-corrected chi connectivity index (χ2v) is 12.9. The van der Waals surface area contributed by atoms with Gasteiger partial charge in [-0.05, 0) is 99.3 Å². The van der Waals surface area contributed by atoms with Gasteiger partial charge in [0.05, 0.1) is 18.2 Å². The Labute approximate surface area is 286 Å². The number of hydrogen-bond acceptors (Lipinski definition) is 4. The molecule has 2 atom stereocenters. The van der Waals surface area contributed by atoms with Crippen LogP contribution >= 0.6 is 11.6 Å². The van der Waals surface area contributed by atoms with Gasteiger partial charge in [0, 0.05) is 22.7 Å². The molecule has 3 aromatic rings. The highest BCUT2D eigenvalue weighted by molar-refractivity contribution is 6.31. The molecule has 1 aliphatic rings. The van der Waals surface area contributed by atoms with Gasteiger partial charge in [-0.2, -0.15) is 4.74 Å². The summed E-state index contributed by atoms with van der Waals surface area (Å²) in [6.07, 6.45) is 21.2. The first-order chi connectivity index (χ1) is 22.8. The Morgan fingerprint density at radius 1 is 1.13 bits per heavy atom. The van der Waals surface area contributed by atoms with E-state index in [0.717, 1.165) is 66.0 Å². The lowest BCUT2D eigenvalue weighted by atomic mass is 9.91. The van der Waals surface area contributed by atoms with E-state index in [1.165, 1.54) is 22.1 Å². The number of hydrogen-bond donors (Lipinski definition) is 1. The van der Waals surface area contributed by atoms with Crippen LogP contribution in [0.15, 0.2) is 107 Å². The predicted molar refractivity (Wildman–Crippen MR) is 198 cm³/mol. The summed E-state index contributed by atoms with van der Waals surface area (Å²) in [7, 11) is 0. The summed E-state index contributed by atoms with van der Waals surface area (Å²) < 4.78 is 13.3. The van der Waals surface area contributed by atoms with Gasteiger partial charge in [0.15, 0.2) is 0 Å². The molecule has 1 aliphatic carbocycles. The number of ether oxygens (including phenoxy) is 1. The highest BCUT2D eigenvalue weighted by Crippen LogP contribution is 2.47. The minimum atomic E-state index is -0.169. The van der Waals surface area contributed by atoms with Gasteiger partial charge in [-0.3, -0.25) is 4.79 Å². The monoisotopic (exact) mass is 654 g/mol. The fourth-order valence-corrected chi connectivity index (χ4v) is 6.07. The van der Waals surface area contributed by atoms with Crippen LogP contribution in [0.25, 0.3) is 11.6 Å². The maximum Gasteiger partial charge on any atom is 0.289 e. The minimum absolute atomic E-state index is 0.0852. The molecule has 0 spiro atoms. The summed E-state index contributed by atoms with van der Waals surface area (Å²) in [6, 6.07) is 14.7. The van der Waals surface area contributed by atoms with E-state index in [0.29, 0.717) is 24.6 Å². The molecule has 1 heterocycles. The Bertz CT molecular complexity index is 1670. The molecular weight excluding hydrogens is 604 g/mol. The molecule has 6 heteroatoms. The van der Waals surface area contributed by atoms with Crippen LogP contribution in [0.3, 0.4) is 0 Å². The van der Waals surface area contributed by atoms with Gasteiger partial charge < -0.3 is 14.6 Å². The van der Waals surface area contributed by atoms with E-state index < -0.39 is 0 Å². The third-order valence-corrected chi connectivity index (χ3v) is 9.41. The fraction of sp³-hybridized carbons (Fsp3) is 0.390. The molecule has 5 nitrogen and oxygen atoms in total. The lowest BCUT2D eigenvalue weighted by molar-refractivity contribution is 0.217. The van der Waals surface area contributed by atoms with Crippen LogP contribution < -0.4 is 15.6 Å². The third kappa shape index (κ3) is 9.39. The number of aryl methyl sites for hydroxylation is 1. The van der Waals surface area contributed by atoms with Gasteiger partial charge in [-0.15, -0.1) is 0 Å². The summed E-state index contributed by atoms with van der Waals surface area (Å²) in [5.41, 5.74) is 6.09. The van der Waals surface area contributed by atoms with Crippen molar-refractivity contribution in [2.45, 2.75) is 104 Å². The lowest BCUT2D eigenvalue weighted by Gasteiger charge is -2.24. The van der Waals surface area contributed by atoms with Crippen molar-refractivity contribution in [2.24, 2.45) is 0 Å². The second-order valence-electron chi connectivity index (χ2n) is 12.5. The van der Waals surface area contributed by atoms with E-state index in [9.17, 15) is 4.79 Å². The average molecular weight is 655 g/mol. The standard InChI is InChI=1S/C41H51ClN2O3/c1-7-11-12-19-33-29-46-44(40(33)45)26-16-15-18-30(5)32-22-23-38(42)34(27-32)28-43-41(24-25-41)37(10-4)35(17-8-2)36-20-13-14-21-39(36)47-31(6)9-3/h7-8,10-14,17,19-23,27,29-31,43H,4,9,15-16,18,24-26,28H2,1-3,5-6H3/b11-7-,17-8-,19-12-,37-35-. The van der Waals surface area contributed by atoms with Gasteiger partial charge in [-0.25, -0.2) is 0 Å². The second kappa shape index (κ2) is 17.4. The molecule has 0 radical (unpaired) electrons. The molecule has 0 amide bonds. The molecule has 1 fully saturated rings. The number of rotatable bonds is 18. The Balaban J connectivity index is 1.43. The number of unbranched alkanes of at least 4 members (excludes halogenated alkanes) is 1. The maximum absolute atomic E-state index is 12.5. The van der Waals surface area contributed by atoms with Gasteiger partial charge in [0.1, 0.15) is 12.0 Å². The van der Waals surface area contributed by atoms with E-state index in [4.69, 9.17) is 20.9 Å². The molecule has 250 valence electrons. The average Bonchev–Trinajstić information content (AvgIpc) is 3.78. The maximum atomic E-state index is 12.5. The molecule has 0 bridgehead atoms. The normalized spacial score (nSPS) is 16.1. The number of allylic oxidation sites excluding steroid dienone is 6. The number of aromatic nitrogens is 1. The van der Waals surface area contributed by atoms with Crippen LogP contribution in [0.5, 0.6) is 5.75 Å². The SMILES string of the molecule is C=C/C(=C(\C=C/C)c1ccccc1OC(C)CC)C1(NCc2cc(C(C)CCCCn3occ(/C=C\C=C/C)c3=O)ccc2Cl)CC1. The first-order valence-electron chi connectivity index (χ1n) is 17.0. The zero-order valence-corrected chi connectivity index (χ0v) is 29.5. The zero-order chi connectivity index (χ0) is 33.8. The molecule has 0 saturated heterocycles. The number of benzene rings is 2. The van der Waals surface area contributed by atoms with Crippen molar-refractivity contribution < 1.29 is 9.26 Å². The summed E-state index contributed by atoms with van der Waals surface area (Å²) in [6.45, 7) is 16.0.